The number of benzene rings is 2. The molecule has 0 fully saturated rings. The first kappa shape index (κ1) is 19.2. The molecule has 0 aliphatic carbocycles. The Balaban J connectivity index is 1.82. The van der Waals surface area contributed by atoms with Crippen molar-refractivity contribution < 1.29 is 9.47 Å². The van der Waals surface area contributed by atoms with E-state index in [2.05, 4.69) is 24.4 Å². The molecule has 0 aliphatic rings. The van der Waals surface area contributed by atoms with Crippen LogP contribution in [0.1, 0.15) is 52.0 Å². The van der Waals surface area contributed by atoms with Crippen LogP contribution < -0.4 is 14.8 Å². The third-order valence-corrected chi connectivity index (χ3v) is 3.92. The highest BCUT2D eigenvalue weighted by molar-refractivity contribution is 5.56. The summed E-state index contributed by atoms with van der Waals surface area (Å²) in [7, 11) is 0. The first-order valence-electron chi connectivity index (χ1n) is 9.40. The second-order valence-corrected chi connectivity index (χ2v) is 6.57. The van der Waals surface area contributed by atoms with Crippen molar-refractivity contribution in [3.63, 3.8) is 0 Å². The first-order valence-corrected chi connectivity index (χ1v) is 9.40. The molecule has 0 spiro atoms. The van der Waals surface area contributed by atoms with Gasteiger partial charge in [-0.3, -0.25) is 0 Å². The molecular formula is C22H31NO2. The summed E-state index contributed by atoms with van der Waals surface area (Å²) in [5.74, 6) is 1.84. The summed E-state index contributed by atoms with van der Waals surface area (Å²) in [6.07, 6.45) is 5.08. The van der Waals surface area contributed by atoms with E-state index in [9.17, 15) is 0 Å². The highest BCUT2D eigenvalue weighted by Crippen LogP contribution is 2.25. The van der Waals surface area contributed by atoms with Crippen molar-refractivity contribution in [1.82, 2.24) is 0 Å². The minimum absolute atomic E-state index is 0.164. The third kappa shape index (κ3) is 7.08. The first-order chi connectivity index (χ1) is 12.2. The van der Waals surface area contributed by atoms with Crippen molar-refractivity contribution in [2.24, 2.45) is 0 Å². The topological polar surface area (TPSA) is 30.5 Å². The average Bonchev–Trinajstić information content (AvgIpc) is 2.61. The molecule has 136 valence electrons. The molecule has 0 atom stereocenters. The summed E-state index contributed by atoms with van der Waals surface area (Å²) in [6.45, 7) is 7.86. The summed E-state index contributed by atoms with van der Waals surface area (Å²) >= 11 is 0. The molecule has 2 rings (SSSR count). The minimum atomic E-state index is 0.164. The van der Waals surface area contributed by atoms with Gasteiger partial charge in [-0.25, -0.2) is 0 Å². The zero-order valence-electron chi connectivity index (χ0n) is 15.8. The molecule has 25 heavy (non-hydrogen) atoms. The quantitative estimate of drug-likeness (QED) is 0.505. The van der Waals surface area contributed by atoms with Gasteiger partial charge in [0.25, 0.3) is 0 Å². The zero-order valence-corrected chi connectivity index (χ0v) is 15.8. The van der Waals surface area contributed by atoms with Gasteiger partial charge < -0.3 is 14.8 Å². The molecule has 3 nitrogen and oxygen atoms in total. The summed E-state index contributed by atoms with van der Waals surface area (Å²) in [5.41, 5.74) is 2.24. The van der Waals surface area contributed by atoms with Crippen LogP contribution in [0.3, 0.4) is 0 Å². The van der Waals surface area contributed by atoms with Crippen LogP contribution in [0.5, 0.6) is 11.5 Å². The number of anilines is 1. The fourth-order valence-electron chi connectivity index (χ4n) is 2.59. The molecule has 0 heterocycles. The molecule has 0 bridgehead atoms. The maximum Gasteiger partial charge on any atom is 0.142 e. The van der Waals surface area contributed by atoms with E-state index in [1.165, 1.54) is 24.8 Å². The average molecular weight is 341 g/mol. The van der Waals surface area contributed by atoms with Crippen molar-refractivity contribution >= 4 is 5.69 Å². The third-order valence-electron chi connectivity index (χ3n) is 3.92. The van der Waals surface area contributed by atoms with Crippen LogP contribution in [0.2, 0.25) is 0 Å². The lowest BCUT2D eigenvalue weighted by Gasteiger charge is -2.15. The second kappa shape index (κ2) is 10.7. The molecule has 2 aromatic carbocycles. The standard InChI is InChI=1S/C22H31NO2/c1-4-5-6-9-16-24-20-14-12-19(13-15-20)17-23-21-10-7-8-11-22(21)25-18(2)3/h7-8,10-15,18,23H,4-6,9,16-17H2,1-3H3. The largest absolute Gasteiger partial charge is 0.494 e. The Morgan fingerprint density at radius 1 is 0.920 bits per heavy atom. The Labute approximate surface area is 152 Å². The van der Waals surface area contributed by atoms with Crippen LogP contribution in [-0.2, 0) is 6.54 Å². The van der Waals surface area contributed by atoms with Gasteiger partial charge in [-0.2, -0.15) is 0 Å². The van der Waals surface area contributed by atoms with E-state index in [0.717, 1.165) is 36.8 Å². The van der Waals surface area contributed by atoms with E-state index in [1.54, 1.807) is 0 Å². The van der Waals surface area contributed by atoms with Gasteiger partial charge in [0.2, 0.25) is 0 Å². The van der Waals surface area contributed by atoms with E-state index in [-0.39, 0.29) is 6.10 Å². The van der Waals surface area contributed by atoms with E-state index in [4.69, 9.17) is 9.47 Å². The number of rotatable bonds is 11. The van der Waals surface area contributed by atoms with Gasteiger partial charge in [-0.15, -0.1) is 0 Å². The molecular weight excluding hydrogens is 310 g/mol. The van der Waals surface area contributed by atoms with Crippen molar-refractivity contribution in [3.05, 3.63) is 54.1 Å². The second-order valence-electron chi connectivity index (χ2n) is 6.57. The van der Waals surface area contributed by atoms with Gasteiger partial charge in [-0.05, 0) is 50.1 Å². The van der Waals surface area contributed by atoms with E-state index >= 15 is 0 Å². The monoisotopic (exact) mass is 341 g/mol. The van der Waals surface area contributed by atoms with E-state index in [1.807, 2.05) is 50.2 Å². The lowest BCUT2D eigenvalue weighted by atomic mass is 10.2. The lowest BCUT2D eigenvalue weighted by Crippen LogP contribution is -2.08. The van der Waals surface area contributed by atoms with Gasteiger partial charge in [0, 0.05) is 6.54 Å². The highest BCUT2D eigenvalue weighted by atomic mass is 16.5. The maximum absolute atomic E-state index is 5.84. The number of unbranched alkanes of at least 4 members (excludes halogenated alkanes) is 3. The van der Waals surface area contributed by atoms with Gasteiger partial charge in [0.15, 0.2) is 0 Å². The zero-order chi connectivity index (χ0) is 17.9. The van der Waals surface area contributed by atoms with Crippen LogP contribution in [0.4, 0.5) is 5.69 Å². The van der Waals surface area contributed by atoms with Crippen LogP contribution >= 0.6 is 0 Å². The molecule has 2 aromatic rings. The fourth-order valence-corrected chi connectivity index (χ4v) is 2.59. The van der Waals surface area contributed by atoms with Crippen LogP contribution in [0.15, 0.2) is 48.5 Å². The summed E-state index contributed by atoms with van der Waals surface area (Å²) in [5, 5.41) is 3.45. The molecule has 1 N–H and O–H groups in total. The van der Waals surface area contributed by atoms with Gasteiger partial charge in [-0.1, -0.05) is 50.5 Å². The fraction of sp³-hybridized carbons (Fsp3) is 0.455. The van der Waals surface area contributed by atoms with Crippen LogP contribution in [0, 0.1) is 0 Å². The van der Waals surface area contributed by atoms with E-state index in [0.29, 0.717) is 0 Å². The number of ether oxygens (including phenoxy) is 2. The van der Waals surface area contributed by atoms with Crippen LogP contribution in [0.25, 0.3) is 0 Å². The highest BCUT2D eigenvalue weighted by Gasteiger charge is 2.04. The van der Waals surface area contributed by atoms with Gasteiger partial charge >= 0.3 is 0 Å². The Hall–Kier alpha value is -2.16. The molecule has 0 radical (unpaired) electrons. The molecule has 3 heteroatoms. The number of hydrogen-bond acceptors (Lipinski definition) is 3. The Morgan fingerprint density at radius 3 is 2.40 bits per heavy atom. The van der Waals surface area contributed by atoms with Gasteiger partial charge in [0.05, 0.1) is 18.4 Å². The summed E-state index contributed by atoms with van der Waals surface area (Å²) in [4.78, 5) is 0. The molecule has 0 saturated carbocycles. The number of nitrogens with one attached hydrogen (secondary N) is 1. The Bertz CT molecular complexity index is 608. The van der Waals surface area contributed by atoms with Crippen molar-refractivity contribution in [1.29, 1.82) is 0 Å². The SMILES string of the molecule is CCCCCCOc1ccc(CNc2ccccc2OC(C)C)cc1. The summed E-state index contributed by atoms with van der Waals surface area (Å²) < 4.78 is 11.6. The Kier molecular flexibility index (Phi) is 8.17. The van der Waals surface area contributed by atoms with Crippen molar-refractivity contribution in [2.45, 2.75) is 59.1 Å². The minimum Gasteiger partial charge on any atom is -0.494 e. The predicted octanol–water partition coefficient (Wildman–Crippen LogP) is 6.05. The summed E-state index contributed by atoms with van der Waals surface area (Å²) in [6, 6.07) is 16.4. The molecule has 0 amide bonds. The normalized spacial score (nSPS) is 10.7. The van der Waals surface area contributed by atoms with Crippen molar-refractivity contribution in [2.75, 3.05) is 11.9 Å². The molecule has 0 unspecified atom stereocenters. The molecule has 0 aromatic heterocycles. The molecule has 0 saturated heterocycles. The number of para-hydroxylation sites is 2. The maximum atomic E-state index is 5.84. The van der Waals surface area contributed by atoms with Crippen molar-refractivity contribution in [3.8, 4) is 11.5 Å². The van der Waals surface area contributed by atoms with E-state index < -0.39 is 0 Å². The van der Waals surface area contributed by atoms with Gasteiger partial charge in [0.1, 0.15) is 11.5 Å². The molecule has 0 aliphatic heterocycles. The smallest absolute Gasteiger partial charge is 0.142 e. The number of hydrogen-bond donors (Lipinski definition) is 1. The lowest BCUT2D eigenvalue weighted by molar-refractivity contribution is 0.243. The Morgan fingerprint density at radius 2 is 1.68 bits per heavy atom. The predicted molar refractivity (Wildman–Crippen MR) is 106 cm³/mol. The van der Waals surface area contributed by atoms with Crippen LogP contribution in [-0.4, -0.2) is 12.7 Å².